The predicted molar refractivity (Wildman–Crippen MR) is 79.3 cm³/mol. The summed E-state index contributed by atoms with van der Waals surface area (Å²) >= 11 is 3.38. The Kier molecular flexibility index (Phi) is 4.37. The summed E-state index contributed by atoms with van der Waals surface area (Å²) < 4.78 is 2.61. The molecule has 1 heterocycles. The van der Waals surface area contributed by atoms with Crippen molar-refractivity contribution in [3.05, 3.63) is 46.6 Å². The summed E-state index contributed by atoms with van der Waals surface area (Å²) in [7, 11) is 0. The fourth-order valence-corrected chi connectivity index (χ4v) is 2.23. The number of benzene rings is 1. The van der Waals surface area contributed by atoms with Gasteiger partial charge in [-0.25, -0.2) is 4.68 Å². The Morgan fingerprint density at radius 2 is 2.16 bits per heavy atom. The van der Waals surface area contributed by atoms with Crippen molar-refractivity contribution in [3.63, 3.8) is 0 Å². The minimum atomic E-state index is -0.141. The van der Waals surface area contributed by atoms with E-state index in [-0.39, 0.29) is 11.9 Å². The Morgan fingerprint density at radius 1 is 1.42 bits per heavy atom. The molecule has 1 aromatic carbocycles. The van der Waals surface area contributed by atoms with Crippen LogP contribution in [0.25, 0.3) is 0 Å². The molecule has 19 heavy (non-hydrogen) atoms. The monoisotopic (exact) mass is 321 g/mol. The zero-order valence-corrected chi connectivity index (χ0v) is 12.5. The van der Waals surface area contributed by atoms with E-state index in [9.17, 15) is 4.79 Å². The molecular weight excluding hydrogens is 306 g/mol. The van der Waals surface area contributed by atoms with E-state index >= 15 is 0 Å². The van der Waals surface area contributed by atoms with Crippen LogP contribution in [-0.2, 0) is 0 Å². The number of hydrogen-bond acceptors (Lipinski definition) is 2. The molecule has 0 radical (unpaired) electrons. The Balaban J connectivity index is 2.21. The number of rotatable bonds is 4. The van der Waals surface area contributed by atoms with Gasteiger partial charge < -0.3 is 5.32 Å². The van der Waals surface area contributed by atoms with Gasteiger partial charge >= 0.3 is 0 Å². The Labute approximate surface area is 120 Å². The summed E-state index contributed by atoms with van der Waals surface area (Å²) in [5, 5.41) is 7.14. The molecule has 2 aromatic rings. The third kappa shape index (κ3) is 3.04. The molecule has 1 atom stereocenters. The molecule has 4 nitrogen and oxygen atoms in total. The molecule has 0 saturated heterocycles. The Morgan fingerprint density at radius 3 is 2.84 bits per heavy atom. The van der Waals surface area contributed by atoms with Gasteiger partial charge in [-0.15, -0.1) is 0 Å². The second-order valence-corrected chi connectivity index (χ2v) is 5.21. The van der Waals surface area contributed by atoms with Crippen LogP contribution in [0.5, 0.6) is 0 Å². The van der Waals surface area contributed by atoms with E-state index in [2.05, 4.69) is 40.2 Å². The molecular formula is C14H16BrN3O. The lowest BCUT2D eigenvalue weighted by Crippen LogP contribution is -2.17. The number of anilines is 1. The highest BCUT2D eigenvalue weighted by molar-refractivity contribution is 9.10. The third-order valence-electron chi connectivity index (χ3n) is 3.04. The minimum absolute atomic E-state index is 0.141. The molecule has 0 fully saturated rings. The molecule has 0 saturated carbocycles. The van der Waals surface area contributed by atoms with Gasteiger partial charge in [0.1, 0.15) is 5.82 Å². The number of hydrogen-bond donors (Lipinski definition) is 1. The molecule has 0 bridgehead atoms. The van der Waals surface area contributed by atoms with E-state index in [1.165, 1.54) is 0 Å². The summed E-state index contributed by atoms with van der Waals surface area (Å²) in [5.74, 6) is 0.577. The van der Waals surface area contributed by atoms with Crippen LogP contribution in [0.4, 0.5) is 5.82 Å². The largest absolute Gasteiger partial charge is 0.307 e. The molecule has 0 spiro atoms. The van der Waals surface area contributed by atoms with Crippen LogP contribution < -0.4 is 5.32 Å². The first-order valence-corrected chi connectivity index (χ1v) is 7.02. The predicted octanol–water partition coefficient (Wildman–Crippen LogP) is 3.87. The number of nitrogens with one attached hydrogen (secondary N) is 1. The maximum absolute atomic E-state index is 12.2. The zero-order valence-electron chi connectivity index (χ0n) is 10.9. The van der Waals surface area contributed by atoms with E-state index in [0.29, 0.717) is 5.56 Å². The maximum atomic E-state index is 12.2. The number of halogens is 1. The van der Waals surface area contributed by atoms with E-state index in [4.69, 9.17) is 0 Å². The standard InChI is InChI=1S/C14H16BrN3O/c1-3-10(2)18-13(8-9-16-18)17-14(19)11-6-4-5-7-12(11)15/h4-10H,3H2,1-2H3,(H,17,19)/t10-/m1/s1. The number of amides is 1. The molecule has 100 valence electrons. The topological polar surface area (TPSA) is 46.9 Å². The van der Waals surface area contributed by atoms with Crippen LogP contribution in [0, 0.1) is 0 Å². The quantitative estimate of drug-likeness (QED) is 0.929. The van der Waals surface area contributed by atoms with Crippen LogP contribution in [0.1, 0.15) is 36.7 Å². The van der Waals surface area contributed by atoms with Gasteiger partial charge in [-0.05, 0) is 41.4 Å². The number of nitrogens with zero attached hydrogens (tertiary/aromatic N) is 2. The first-order valence-electron chi connectivity index (χ1n) is 6.23. The first-order chi connectivity index (χ1) is 9.13. The summed E-state index contributed by atoms with van der Waals surface area (Å²) in [4.78, 5) is 12.2. The van der Waals surface area contributed by atoms with Crippen molar-refractivity contribution in [1.82, 2.24) is 9.78 Å². The van der Waals surface area contributed by atoms with Crippen molar-refractivity contribution < 1.29 is 4.79 Å². The van der Waals surface area contributed by atoms with Gasteiger partial charge in [0.05, 0.1) is 17.8 Å². The van der Waals surface area contributed by atoms with Crippen LogP contribution >= 0.6 is 15.9 Å². The third-order valence-corrected chi connectivity index (χ3v) is 3.73. The molecule has 2 rings (SSSR count). The minimum Gasteiger partial charge on any atom is -0.307 e. The van der Waals surface area contributed by atoms with Crippen molar-refractivity contribution in [3.8, 4) is 0 Å². The van der Waals surface area contributed by atoms with Gasteiger partial charge in [-0.1, -0.05) is 19.1 Å². The smallest absolute Gasteiger partial charge is 0.257 e. The highest BCUT2D eigenvalue weighted by Crippen LogP contribution is 2.20. The second-order valence-electron chi connectivity index (χ2n) is 4.35. The maximum Gasteiger partial charge on any atom is 0.257 e. The van der Waals surface area contributed by atoms with Gasteiger partial charge in [0.2, 0.25) is 0 Å². The van der Waals surface area contributed by atoms with E-state index in [0.717, 1.165) is 16.7 Å². The Bertz CT molecular complexity index is 580. The number of aromatic nitrogens is 2. The lowest BCUT2D eigenvalue weighted by molar-refractivity contribution is 0.102. The van der Waals surface area contributed by atoms with Crippen LogP contribution in [0.15, 0.2) is 41.0 Å². The molecule has 1 N–H and O–H groups in total. The lowest BCUT2D eigenvalue weighted by atomic mass is 10.2. The number of carbonyl (C=O) groups excluding carboxylic acids is 1. The SMILES string of the molecule is CC[C@@H](C)n1nccc1NC(=O)c1ccccc1Br. The summed E-state index contributed by atoms with van der Waals surface area (Å²) in [6.07, 6.45) is 2.65. The molecule has 1 amide bonds. The normalized spacial score (nSPS) is 12.2. The first kappa shape index (κ1) is 13.8. The van der Waals surface area contributed by atoms with Gasteiger partial charge in [-0.3, -0.25) is 4.79 Å². The average molecular weight is 322 g/mol. The van der Waals surface area contributed by atoms with Gasteiger partial charge in [0.15, 0.2) is 0 Å². The second kappa shape index (κ2) is 6.02. The van der Waals surface area contributed by atoms with Crippen molar-refractivity contribution in [1.29, 1.82) is 0 Å². The van der Waals surface area contributed by atoms with E-state index in [1.807, 2.05) is 22.9 Å². The zero-order chi connectivity index (χ0) is 13.8. The van der Waals surface area contributed by atoms with Crippen molar-refractivity contribution in [2.45, 2.75) is 26.3 Å². The fraction of sp³-hybridized carbons (Fsp3) is 0.286. The summed E-state index contributed by atoms with van der Waals surface area (Å²) in [5.41, 5.74) is 0.611. The fourth-order valence-electron chi connectivity index (χ4n) is 1.77. The molecule has 1 aromatic heterocycles. The molecule has 0 aliphatic carbocycles. The van der Waals surface area contributed by atoms with Crippen molar-refractivity contribution in [2.75, 3.05) is 5.32 Å². The molecule has 0 aliphatic heterocycles. The summed E-state index contributed by atoms with van der Waals surface area (Å²) in [6, 6.07) is 9.41. The van der Waals surface area contributed by atoms with E-state index in [1.54, 1.807) is 18.3 Å². The van der Waals surface area contributed by atoms with Crippen LogP contribution in [-0.4, -0.2) is 15.7 Å². The summed E-state index contributed by atoms with van der Waals surface area (Å²) in [6.45, 7) is 4.16. The van der Waals surface area contributed by atoms with Crippen molar-refractivity contribution in [2.24, 2.45) is 0 Å². The highest BCUT2D eigenvalue weighted by Gasteiger charge is 2.14. The molecule has 0 aliphatic rings. The highest BCUT2D eigenvalue weighted by atomic mass is 79.9. The van der Waals surface area contributed by atoms with Gasteiger partial charge in [-0.2, -0.15) is 5.10 Å². The van der Waals surface area contributed by atoms with Crippen LogP contribution in [0.2, 0.25) is 0 Å². The van der Waals surface area contributed by atoms with Gasteiger partial charge in [0, 0.05) is 10.5 Å². The van der Waals surface area contributed by atoms with Crippen LogP contribution in [0.3, 0.4) is 0 Å². The van der Waals surface area contributed by atoms with Crippen molar-refractivity contribution >= 4 is 27.7 Å². The number of carbonyl (C=O) groups is 1. The molecule has 0 unspecified atom stereocenters. The van der Waals surface area contributed by atoms with E-state index < -0.39 is 0 Å². The van der Waals surface area contributed by atoms with Gasteiger partial charge in [0.25, 0.3) is 5.91 Å². The molecule has 5 heteroatoms. The average Bonchev–Trinajstić information content (AvgIpc) is 2.86. The lowest BCUT2D eigenvalue weighted by Gasteiger charge is -2.14. The Hall–Kier alpha value is -1.62.